The van der Waals surface area contributed by atoms with Crippen molar-refractivity contribution in [3.05, 3.63) is 34.9 Å². The molecule has 1 aliphatic heterocycles. The van der Waals surface area contributed by atoms with E-state index in [1.807, 2.05) is 0 Å². The Morgan fingerprint density at radius 2 is 1.56 bits per heavy atom. The Kier molecular flexibility index (Phi) is 3.40. The van der Waals surface area contributed by atoms with Crippen LogP contribution in [0.4, 0.5) is 0 Å². The Hall–Kier alpha value is -0.860. The lowest BCUT2D eigenvalue weighted by atomic mass is 10.1. The van der Waals surface area contributed by atoms with E-state index in [2.05, 4.69) is 41.8 Å². The van der Waals surface area contributed by atoms with Crippen LogP contribution in [0.3, 0.4) is 0 Å². The third kappa shape index (κ3) is 2.93. The van der Waals surface area contributed by atoms with Crippen LogP contribution in [0.2, 0.25) is 0 Å². The first-order valence-electron chi connectivity index (χ1n) is 7.24. The molecule has 1 aromatic carbocycles. The van der Waals surface area contributed by atoms with Crippen LogP contribution < -0.4 is 0 Å². The fourth-order valence-electron chi connectivity index (χ4n) is 3.14. The van der Waals surface area contributed by atoms with Crippen LogP contribution in [0.5, 0.6) is 0 Å². The highest BCUT2D eigenvalue weighted by atomic mass is 15.3. The Bertz CT molecular complexity index is 395. The van der Waals surface area contributed by atoms with Gasteiger partial charge in [0.25, 0.3) is 0 Å². The van der Waals surface area contributed by atoms with E-state index in [-0.39, 0.29) is 0 Å². The van der Waals surface area contributed by atoms with Crippen molar-refractivity contribution in [3.8, 4) is 0 Å². The number of rotatable bonds is 3. The lowest BCUT2D eigenvalue weighted by molar-refractivity contribution is 0.121. The van der Waals surface area contributed by atoms with Crippen LogP contribution in [0.25, 0.3) is 0 Å². The lowest BCUT2D eigenvalue weighted by Crippen LogP contribution is -2.46. The first-order valence-corrected chi connectivity index (χ1v) is 7.24. The van der Waals surface area contributed by atoms with E-state index >= 15 is 0 Å². The molecule has 0 bridgehead atoms. The molecule has 1 heterocycles. The number of hydrogen-bond donors (Lipinski definition) is 0. The Labute approximate surface area is 111 Å². The molecule has 1 saturated heterocycles. The standard InChI is InChI=1S/C16H24N2/c1-13-9-14(2)11-15(10-13)12-17-5-7-18(8-6-17)16-3-4-16/h9-11,16H,3-8,12H2,1-2H3. The zero-order valence-corrected chi connectivity index (χ0v) is 11.7. The van der Waals surface area contributed by atoms with E-state index in [1.165, 1.54) is 55.7 Å². The molecule has 2 nitrogen and oxygen atoms in total. The summed E-state index contributed by atoms with van der Waals surface area (Å²) in [4.78, 5) is 5.28. The first-order chi connectivity index (χ1) is 8.70. The van der Waals surface area contributed by atoms with E-state index in [0.717, 1.165) is 12.6 Å². The van der Waals surface area contributed by atoms with Crippen LogP contribution in [-0.4, -0.2) is 42.0 Å². The third-order valence-corrected chi connectivity index (χ3v) is 4.16. The van der Waals surface area contributed by atoms with Gasteiger partial charge in [0, 0.05) is 38.8 Å². The fraction of sp³-hybridized carbons (Fsp3) is 0.625. The number of nitrogens with zero attached hydrogens (tertiary/aromatic N) is 2. The second kappa shape index (κ2) is 5.02. The molecular formula is C16H24N2. The minimum atomic E-state index is 0.938. The van der Waals surface area contributed by atoms with Crippen molar-refractivity contribution in [1.82, 2.24) is 9.80 Å². The topological polar surface area (TPSA) is 6.48 Å². The summed E-state index contributed by atoms with van der Waals surface area (Å²) in [5.74, 6) is 0. The highest BCUT2D eigenvalue weighted by molar-refractivity contribution is 5.28. The minimum Gasteiger partial charge on any atom is -0.298 e. The molecule has 1 saturated carbocycles. The third-order valence-electron chi connectivity index (χ3n) is 4.16. The number of hydrogen-bond acceptors (Lipinski definition) is 2. The quantitative estimate of drug-likeness (QED) is 0.806. The molecular weight excluding hydrogens is 220 g/mol. The van der Waals surface area contributed by atoms with E-state index in [4.69, 9.17) is 0 Å². The van der Waals surface area contributed by atoms with Gasteiger partial charge in [-0.15, -0.1) is 0 Å². The number of benzene rings is 1. The number of piperazine rings is 1. The van der Waals surface area contributed by atoms with Crippen molar-refractivity contribution in [1.29, 1.82) is 0 Å². The summed E-state index contributed by atoms with van der Waals surface area (Å²) < 4.78 is 0. The van der Waals surface area contributed by atoms with Gasteiger partial charge in [-0.3, -0.25) is 9.80 Å². The molecule has 1 aliphatic carbocycles. The highest BCUT2D eigenvalue weighted by Crippen LogP contribution is 2.27. The van der Waals surface area contributed by atoms with Gasteiger partial charge in [-0.1, -0.05) is 29.3 Å². The molecule has 98 valence electrons. The lowest BCUT2D eigenvalue weighted by Gasteiger charge is -2.34. The molecule has 0 unspecified atom stereocenters. The largest absolute Gasteiger partial charge is 0.298 e. The van der Waals surface area contributed by atoms with Crippen molar-refractivity contribution < 1.29 is 0 Å². The molecule has 0 aromatic heterocycles. The van der Waals surface area contributed by atoms with Gasteiger partial charge in [0.2, 0.25) is 0 Å². The smallest absolute Gasteiger partial charge is 0.0235 e. The van der Waals surface area contributed by atoms with Gasteiger partial charge in [-0.25, -0.2) is 0 Å². The van der Waals surface area contributed by atoms with Crippen molar-refractivity contribution in [2.45, 2.75) is 39.3 Å². The molecule has 0 spiro atoms. The van der Waals surface area contributed by atoms with E-state index in [9.17, 15) is 0 Å². The molecule has 3 rings (SSSR count). The maximum Gasteiger partial charge on any atom is 0.0235 e. The van der Waals surface area contributed by atoms with E-state index < -0.39 is 0 Å². The van der Waals surface area contributed by atoms with Gasteiger partial charge >= 0.3 is 0 Å². The molecule has 0 atom stereocenters. The zero-order chi connectivity index (χ0) is 12.5. The Morgan fingerprint density at radius 1 is 0.944 bits per heavy atom. The second-order valence-electron chi connectivity index (χ2n) is 6.04. The molecule has 1 aromatic rings. The zero-order valence-electron chi connectivity index (χ0n) is 11.7. The summed E-state index contributed by atoms with van der Waals surface area (Å²) in [5, 5.41) is 0. The summed E-state index contributed by atoms with van der Waals surface area (Å²) in [6, 6.07) is 7.86. The SMILES string of the molecule is Cc1cc(C)cc(CN2CCN(C3CC3)CC2)c1. The summed E-state index contributed by atoms with van der Waals surface area (Å²) >= 11 is 0. The summed E-state index contributed by atoms with van der Waals surface area (Å²) in [5.41, 5.74) is 4.26. The van der Waals surface area contributed by atoms with Gasteiger partial charge in [0.15, 0.2) is 0 Å². The number of aryl methyl sites for hydroxylation is 2. The molecule has 2 fully saturated rings. The van der Waals surface area contributed by atoms with Gasteiger partial charge in [0.1, 0.15) is 0 Å². The van der Waals surface area contributed by atoms with Gasteiger partial charge in [-0.05, 0) is 32.3 Å². The minimum absolute atomic E-state index is 0.938. The van der Waals surface area contributed by atoms with Crippen LogP contribution >= 0.6 is 0 Å². The molecule has 2 heteroatoms. The molecule has 0 N–H and O–H groups in total. The molecule has 18 heavy (non-hydrogen) atoms. The van der Waals surface area contributed by atoms with Gasteiger partial charge < -0.3 is 0 Å². The highest BCUT2D eigenvalue weighted by Gasteiger charge is 2.30. The van der Waals surface area contributed by atoms with Gasteiger partial charge in [0.05, 0.1) is 0 Å². The van der Waals surface area contributed by atoms with Crippen molar-refractivity contribution in [2.24, 2.45) is 0 Å². The predicted octanol–water partition coefficient (Wildman–Crippen LogP) is 2.58. The van der Waals surface area contributed by atoms with Crippen molar-refractivity contribution >= 4 is 0 Å². The second-order valence-corrected chi connectivity index (χ2v) is 6.04. The molecule has 0 amide bonds. The normalized spacial score (nSPS) is 22.3. The van der Waals surface area contributed by atoms with Crippen LogP contribution in [0, 0.1) is 13.8 Å². The van der Waals surface area contributed by atoms with Gasteiger partial charge in [-0.2, -0.15) is 0 Å². The van der Waals surface area contributed by atoms with Crippen molar-refractivity contribution in [2.75, 3.05) is 26.2 Å². The summed E-state index contributed by atoms with van der Waals surface area (Å²) in [7, 11) is 0. The summed E-state index contributed by atoms with van der Waals surface area (Å²) in [6.45, 7) is 10.5. The Balaban J connectivity index is 1.56. The van der Waals surface area contributed by atoms with Crippen molar-refractivity contribution in [3.63, 3.8) is 0 Å². The predicted molar refractivity (Wildman–Crippen MR) is 75.8 cm³/mol. The monoisotopic (exact) mass is 244 g/mol. The maximum atomic E-state index is 2.68. The van der Waals surface area contributed by atoms with E-state index in [0.29, 0.717) is 0 Å². The molecule has 0 radical (unpaired) electrons. The Morgan fingerprint density at radius 3 is 2.11 bits per heavy atom. The average Bonchev–Trinajstić information content (AvgIpc) is 3.12. The first kappa shape index (κ1) is 12.2. The van der Waals surface area contributed by atoms with Crippen LogP contribution in [-0.2, 0) is 6.54 Å². The van der Waals surface area contributed by atoms with Crippen LogP contribution in [0.15, 0.2) is 18.2 Å². The maximum absolute atomic E-state index is 2.68. The fourth-order valence-corrected chi connectivity index (χ4v) is 3.14. The van der Waals surface area contributed by atoms with E-state index in [1.54, 1.807) is 0 Å². The molecule has 2 aliphatic rings. The summed E-state index contributed by atoms with van der Waals surface area (Å²) in [6.07, 6.45) is 2.88. The van der Waals surface area contributed by atoms with Crippen LogP contribution in [0.1, 0.15) is 29.5 Å². The average molecular weight is 244 g/mol.